The fraction of sp³-hybridized carbons (Fsp3) is 0.385. The van der Waals surface area contributed by atoms with E-state index in [-0.39, 0.29) is 22.9 Å². The smallest absolute Gasteiger partial charge is 0.314 e. The first-order valence-electron chi connectivity index (χ1n) is 5.59. The first-order valence-corrected chi connectivity index (χ1v) is 6.00. The normalized spacial score (nSPS) is 10.9. The number of halogens is 1. The summed E-state index contributed by atoms with van der Waals surface area (Å²) >= 11 is 4.79. The monoisotopic (exact) mass is 285 g/mol. The Hall–Kier alpha value is -1.69. The van der Waals surface area contributed by atoms with Crippen LogP contribution >= 0.6 is 12.2 Å². The highest BCUT2D eigenvalue weighted by molar-refractivity contribution is 7.80. The van der Waals surface area contributed by atoms with E-state index in [0.29, 0.717) is 0 Å². The summed E-state index contributed by atoms with van der Waals surface area (Å²) in [5.74, 6) is -0.758. The number of hydrogen-bond acceptors (Lipinski definition) is 4. The van der Waals surface area contributed by atoms with Crippen LogP contribution in [0.3, 0.4) is 0 Å². The molecular weight excluding hydrogens is 269 g/mol. The van der Waals surface area contributed by atoms with E-state index in [0.717, 1.165) is 0 Å². The number of methoxy groups -OCH3 is 1. The van der Waals surface area contributed by atoms with Crippen LogP contribution in [0.5, 0.6) is 5.75 Å². The van der Waals surface area contributed by atoms with Crippen LogP contribution in [0.15, 0.2) is 18.2 Å². The van der Waals surface area contributed by atoms with Crippen molar-refractivity contribution in [1.29, 1.82) is 0 Å². The maximum atomic E-state index is 13.6. The molecule has 0 fully saturated rings. The SMILES string of the molecule is COC(=O)C(C)(C)COc1cccc(F)c1C(N)=S. The third kappa shape index (κ3) is 3.64. The molecule has 2 N–H and O–H groups in total. The molecule has 0 atom stereocenters. The van der Waals surface area contributed by atoms with Crippen LogP contribution in [0.4, 0.5) is 4.39 Å². The number of rotatable bonds is 5. The number of esters is 1. The lowest BCUT2D eigenvalue weighted by Gasteiger charge is -2.22. The Morgan fingerprint density at radius 1 is 1.47 bits per heavy atom. The van der Waals surface area contributed by atoms with Gasteiger partial charge < -0.3 is 15.2 Å². The number of carbonyl (C=O) groups is 1. The minimum Gasteiger partial charge on any atom is -0.492 e. The molecule has 4 nitrogen and oxygen atoms in total. The first-order chi connectivity index (χ1) is 8.79. The summed E-state index contributed by atoms with van der Waals surface area (Å²) in [5, 5.41) is 0. The molecule has 0 aliphatic rings. The molecule has 0 aliphatic carbocycles. The Balaban J connectivity index is 2.93. The van der Waals surface area contributed by atoms with E-state index < -0.39 is 17.2 Å². The maximum absolute atomic E-state index is 13.6. The van der Waals surface area contributed by atoms with E-state index in [4.69, 9.17) is 22.7 Å². The molecule has 0 spiro atoms. The van der Waals surface area contributed by atoms with Gasteiger partial charge in [-0.05, 0) is 26.0 Å². The number of benzene rings is 1. The molecule has 1 rings (SSSR count). The zero-order valence-corrected chi connectivity index (χ0v) is 11.8. The van der Waals surface area contributed by atoms with Crippen molar-refractivity contribution < 1.29 is 18.7 Å². The second-order valence-corrected chi connectivity index (χ2v) is 5.08. The second-order valence-electron chi connectivity index (χ2n) is 4.64. The fourth-order valence-electron chi connectivity index (χ4n) is 1.46. The van der Waals surface area contributed by atoms with Crippen LogP contribution < -0.4 is 10.5 Å². The lowest BCUT2D eigenvalue weighted by Crippen LogP contribution is -2.32. The van der Waals surface area contributed by atoms with Gasteiger partial charge >= 0.3 is 5.97 Å². The summed E-state index contributed by atoms with van der Waals surface area (Å²) in [7, 11) is 1.30. The Labute approximate surface area is 116 Å². The van der Waals surface area contributed by atoms with Gasteiger partial charge in [-0.1, -0.05) is 18.3 Å². The van der Waals surface area contributed by atoms with Crippen molar-refractivity contribution in [3.63, 3.8) is 0 Å². The van der Waals surface area contributed by atoms with Gasteiger partial charge in [-0.3, -0.25) is 4.79 Å². The third-order valence-electron chi connectivity index (χ3n) is 2.55. The minimum atomic E-state index is -0.853. The van der Waals surface area contributed by atoms with Gasteiger partial charge in [0.15, 0.2) is 0 Å². The quantitative estimate of drug-likeness (QED) is 0.662. The molecule has 6 heteroatoms. The molecule has 1 aromatic carbocycles. The minimum absolute atomic E-state index is 0.0265. The van der Waals surface area contributed by atoms with Crippen molar-refractivity contribution in [3.05, 3.63) is 29.6 Å². The summed E-state index contributed by atoms with van der Waals surface area (Å²) in [6.07, 6.45) is 0. The van der Waals surface area contributed by atoms with Crippen LogP contribution in [0, 0.1) is 11.2 Å². The van der Waals surface area contributed by atoms with E-state index in [1.165, 1.54) is 19.2 Å². The van der Waals surface area contributed by atoms with E-state index in [2.05, 4.69) is 4.74 Å². The summed E-state index contributed by atoms with van der Waals surface area (Å²) < 4.78 is 23.7. The summed E-state index contributed by atoms with van der Waals surface area (Å²) in [6.45, 7) is 3.36. The molecule has 0 radical (unpaired) electrons. The molecule has 0 aliphatic heterocycles. The van der Waals surface area contributed by atoms with Crippen LogP contribution in [-0.4, -0.2) is 24.7 Å². The Bertz CT molecular complexity index is 503. The molecular formula is C13H16FNO3S. The molecule has 1 aromatic rings. The number of nitrogens with two attached hydrogens (primary N) is 1. The lowest BCUT2D eigenvalue weighted by atomic mass is 9.95. The molecule has 0 bridgehead atoms. The summed E-state index contributed by atoms with van der Waals surface area (Å²) in [5.41, 5.74) is 4.65. The molecule has 0 unspecified atom stereocenters. The Morgan fingerprint density at radius 3 is 2.63 bits per heavy atom. The molecule has 0 heterocycles. The predicted molar refractivity (Wildman–Crippen MR) is 73.6 cm³/mol. The topological polar surface area (TPSA) is 61.5 Å². The third-order valence-corrected chi connectivity index (χ3v) is 2.75. The predicted octanol–water partition coefficient (Wildman–Crippen LogP) is 2.04. The van der Waals surface area contributed by atoms with Gasteiger partial charge in [-0.25, -0.2) is 4.39 Å². The number of ether oxygens (including phenoxy) is 2. The van der Waals surface area contributed by atoms with Crippen LogP contribution in [0.1, 0.15) is 19.4 Å². The zero-order chi connectivity index (χ0) is 14.6. The van der Waals surface area contributed by atoms with Crippen molar-refractivity contribution in [2.24, 2.45) is 11.1 Å². The van der Waals surface area contributed by atoms with Crippen molar-refractivity contribution in [2.75, 3.05) is 13.7 Å². The van der Waals surface area contributed by atoms with Gasteiger partial charge in [-0.2, -0.15) is 0 Å². The average molecular weight is 285 g/mol. The average Bonchev–Trinajstić information content (AvgIpc) is 2.34. The van der Waals surface area contributed by atoms with Gasteiger partial charge in [0.1, 0.15) is 23.2 Å². The van der Waals surface area contributed by atoms with E-state index in [1.54, 1.807) is 19.9 Å². The van der Waals surface area contributed by atoms with Crippen LogP contribution in [0.2, 0.25) is 0 Å². The highest BCUT2D eigenvalue weighted by Gasteiger charge is 2.30. The fourth-order valence-corrected chi connectivity index (χ4v) is 1.66. The molecule has 19 heavy (non-hydrogen) atoms. The van der Waals surface area contributed by atoms with Gasteiger partial charge in [0.25, 0.3) is 0 Å². The van der Waals surface area contributed by atoms with E-state index in [9.17, 15) is 9.18 Å². The number of thiocarbonyl (C=S) groups is 1. The Kier molecular flexibility index (Phi) is 4.83. The van der Waals surface area contributed by atoms with Gasteiger partial charge in [0.05, 0.1) is 18.1 Å². The van der Waals surface area contributed by atoms with E-state index >= 15 is 0 Å². The summed E-state index contributed by atoms with van der Waals surface area (Å²) in [4.78, 5) is 11.4. The summed E-state index contributed by atoms with van der Waals surface area (Å²) in [6, 6.07) is 4.27. The number of carbonyl (C=O) groups excluding carboxylic acids is 1. The van der Waals surface area contributed by atoms with E-state index in [1.807, 2.05) is 0 Å². The second kappa shape index (κ2) is 5.97. The van der Waals surface area contributed by atoms with Gasteiger partial charge in [-0.15, -0.1) is 0 Å². The van der Waals surface area contributed by atoms with Crippen molar-refractivity contribution in [3.8, 4) is 5.75 Å². The molecule has 0 amide bonds. The van der Waals surface area contributed by atoms with Gasteiger partial charge in [0, 0.05) is 0 Å². The molecule has 0 saturated heterocycles. The van der Waals surface area contributed by atoms with Crippen molar-refractivity contribution in [2.45, 2.75) is 13.8 Å². The first kappa shape index (κ1) is 15.4. The van der Waals surface area contributed by atoms with Gasteiger partial charge in [0.2, 0.25) is 0 Å². The zero-order valence-electron chi connectivity index (χ0n) is 11.0. The van der Waals surface area contributed by atoms with Crippen LogP contribution in [0.25, 0.3) is 0 Å². The van der Waals surface area contributed by atoms with Crippen molar-refractivity contribution >= 4 is 23.2 Å². The Morgan fingerprint density at radius 2 is 2.11 bits per heavy atom. The number of hydrogen-bond donors (Lipinski definition) is 1. The molecule has 0 aromatic heterocycles. The highest BCUT2D eigenvalue weighted by atomic mass is 32.1. The van der Waals surface area contributed by atoms with Crippen LogP contribution in [-0.2, 0) is 9.53 Å². The van der Waals surface area contributed by atoms with Crippen molar-refractivity contribution in [1.82, 2.24) is 0 Å². The molecule has 104 valence electrons. The lowest BCUT2D eigenvalue weighted by molar-refractivity contribution is -0.152. The molecule has 0 saturated carbocycles. The standard InChI is InChI=1S/C13H16FNO3S/c1-13(2,12(16)17-3)7-18-9-6-4-5-8(14)10(9)11(15)19/h4-6H,7H2,1-3H3,(H2,15,19). The maximum Gasteiger partial charge on any atom is 0.314 e. The largest absolute Gasteiger partial charge is 0.492 e. The highest BCUT2D eigenvalue weighted by Crippen LogP contribution is 2.25.